The van der Waals surface area contributed by atoms with E-state index in [2.05, 4.69) is 14.9 Å². The van der Waals surface area contributed by atoms with E-state index in [1.807, 2.05) is 13.0 Å². The highest BCUT2D eigenvalue weighted by Gasteiger charge is 2.30. The van der Waals surface area contributed by atoms with Crippen molar-refractivity contribution in [1.82, 2.24) is 20.0 Å². The summed E-state index contributed by atoms with van der Waals surface area (Å²) in [5.74, 6) is 0.557. The summed E-state index contributed by atoms with van der Waals surface area (Å²) in [5, 5.41) is 18.6. The SMILES string of the molecule is Cc1nn(C2CCOCC2)c2sc(C(=O)NC3CCC(N4CCC(CO)CC4)CC3)cc12. The Morgan fingerprint density at radius 1 is 1.12 bits per heavy atom. The second kappa shape index (κ2) is 9.79. The van der Waals surface area contributed by atoms with Gasteiger partial charge < -0.3 is 20.1 Å². The molecule has 32 heavy (non-hydrogen) atoms. The Balaban J connectivity index is 1.18. The number of thiophene rings is 1. The minimum absolute atomic E-state index is 0.0661. The Hall–Kier alpha value is -1.48. The zero-order valence-electron chi connectivity index (χ0n) is 19.1. The van der Waals surface area contributed by atoms with E-state index < -0.39 is 0 Å². The molecule has 2 N–H and O–H groups in total. The van der Waals surface area contributed by atoms with Crippen LogP contribution in [0.1, 0.15) is 72.8 Å². The van der Waals surface area contributed by atoms with Crippen molar-refractivity contribution in [1.29, 1.82) is 0 Å². The first kappa shape index (κ1) is 22.3. The van der Waals surface area contributed by atoms with Crippen LogP contribution in [0, 0.1) is 12.8 Å². The van der Waals surface area contributed by atoms with Crippen LogP contribution in [0.3, 0.4) is 0 Å². The highest BCUT2D eigenvalue weighted by atomic mass is 32.1. The molecule has 2 aromatic heterocycles. The van der Waals surface area contributed by atoms with Gasteiger partial charge in [0.2, 0.25) is 0 Å². The molecule has 3 aliphatic rings. The summed E-state index contributed by atoms with van der Waals surface area (Å²) in [6.45, 7) is 6.16. The van der Waals surface area contributed by atoms with Gasteiger partial charge in [0.05, 0.1) is 16.6 Å². The molecule has 3 fully saturated rings. The maximum atomic E-state index is 13.0. The number of carbonyl (C=O) groups is 1. The van der Waals surface area contributed by atoms with Crippen LogP contribution in [0.15, 0.2) is 6.07 Å². The van der Waals surface area contributed by atoms with Crippen molar-refractivity contribution in [2.45, 2.75) is 76.4 Å². The molecule has 7 nitrogen and oxygen atoms in total. The predicted molar refractivity (Wildman–Crippen MR) is 126 cm³/mol. The molecular formula is C24H36N4O3S. The Bertz CT molecular complexity index is 919. The summed E-state index contributed by atoms with van der Waals surface area (Å²) in [6.07, 6.45) is 8.60. The number of piperidine rings is 1. The molecule has 2 saturated heterocycles. The van der Waals surface area contributed by atoms with E-state index >= 15 is 0 Å². The van der Waals surface area contributed by atoms with E-state index in [1.165, 1.54) is 0 Å². The number of hydrogen-bond acceptors (Lipinski definition) is 6. The standard InChI is InChI=1S/C24H36N4O3S/c1-16-21-14-22(32-24(21)28(26-16)20-8-12-31-13-9-20)23(30)25-18-2-4-19(5-3-18)27-10-6-17(15-29)7-11-27/h14,17-20,29H,2-13,15H2,1H3,(H,25,30). The molecule has 5 rings (SSSR count). The summed E-state index contributed by atoms with van der Waals surface area (Å²) >= 11 is 1.58. The summed E-state index contributed by atoms with van der Waals surface area (Å²) in [6, 6.07) is 3.31. The predicted octanol–water partition coefficient (Wildman–Crippen LogP) is 3.50. The van der Waals surface area contributed by atoms with E-state index in [9.17, 15) is 9.90 Å². The second-order valence-corrected chi connectivity index (χ2v) is 10.9. The van der Waals surface area contributed by atoms with Crippen molar-refractivity contribution in [3.63, 3.8) is 0 Å². The number of aromatic nitrogens is 2. The van der Waals surface area contributed by atoms with Gasteiger partial charge in [0.15, 0.2) is 0 Å². The molecule has 1 aliphatic carbocycles. The molecule has 0 bridgehead atoms. The van der Waals surface area contributed by atoms with Crippen molar-refractivity contribution >= 4 is 27.5 Å². The van der Waals surface area contributed by atoms with Gasteiger partial charge in [0.1, 0.15) is 4.83 Å². The topological polar surface area (TPSA) is 79.6 Å². The van der Waals surface area contributed by atoms with Gasteiger partial charge in [-0.15, -0.1) is 11.3 Å². The maximum Gasteiger partial charge on any atom is 0.261 e. The zero-order valence-corrected chi connectivity index (χ0v) is 19.9. The van der Waals surface area contributed by atoms with Crippen molar-refractivity contribution in [3.8, 4) is 0 Å². The Labute approximate surface area is 194 Å². The third-order valence-corrected chi connectivity index (χ3v) is 8.91. The quantitative estimate of drug-likeness (QED) is 0.714. The molecule has 2 aliphatic heterocycles. The number of fused-ring (bicyclic) bond motifs is 1. The minimum atomic E-state index is 0.0661. The molecule has 8 heteroatoms. The minimum Gasteiger partial charge on any atom is -0.396 e. The molecule has 0 unspecified atom stereocenters. The lowest BCUT2D eigenvalue weighted by atomic mass is 9.88. The number of ether oxygens (including phenoxy) is 1. The average Bonchev–Trinajstić information content (AvgIpc) is 3.41. The highest BCUT2D eigenvalue weighted by molar-refractivity contribution is 7.20. The van der Waals surface area contributed by atoms with Crippen LogP contribution < -0.4 is 5.32 Å². The van der Waals surface area contributed by atoms with Gasteiger partial charge in [-0.1, -0.05) is 0 Å². The summed E-state index contributed by atoms with van der Waals surface area (Å²) < 4.78 is 7.65. The van der Waals surface area contributed by atoms with Gasteiger partial charge in [0.25, 0.3) is 5.91 Å². The smallest absolute Gasteiger partial charge is 0.261 e. The number of aliphatic hydroxyl groups is 1. The van der Waals surface area contributed by atoms with Gasteiger partial charge >= 0.3 is 0 Å². The average molecular weight is 461 g/mol. The lowest BCUT2D eigenvalue weighted by Crippen LogP contribution is -2.46. The molecule has 176 valence electrons. The largest absolute Gasteiger partial charge is 0.396 e. The first-order chi connectivity index (χ1) is 15.6. The van der Waals surface area contributed by atoms with Crippen LogP contribution in [0.2, 0.25) is 0 Å². The van der Waals surface area contributed by atoms with Crippen LogP contribution in [-0.4, -0.2) is 70.7 Å². The summed E-state index contributed by atoms with van der Waals surface area (Å²) in [5.41, 5.74) is 1.01. The van der Waals surface area contributed by atoms with Crippen molar-refractivity contribution in [2.75, 3.05) is 32.9 Å². The molecule has 4 heterocycles. The van der Waals surface area contributed by atoms with Gasteiger partial charge in [-0.3, -0.25) is 9.48 Å². The number of nitrogens with one attached hydrogen (secondary N) is 1. The number of nitrogens with zero attached hydrogens (tertiary/aromatic N) is 3. The number of likely N-dealkylation sites (tertiary alicyclic amines) is 1. The summed E-state index contributed by atoms with van der Waals surface area (Å²) in [4.78, 5) is 17.6. The lowest BCUT2D eigenvalue weighted by molar-refractivity contribution is 0.0675. The molecule has 2 aromatic rings. The van der Waals surface area contributed by atoms with Crippen LogP contribution in [0.25, 0.3) is 10.2 Å². The van der Waals surface area contributed by atoms with Crippen LogP contribution in [-0.2, 0) is 4.74 Å². The van der Waals surface area contributed by atoms with E-state index in [0.29, 0.717) is 24.6 Å². The second-order valence-electron chi connectivity index (χ2n) is 9.84. The van der Waals surface area contributed by atoms with Gasteiger partial charge in [-0.05, 0) is 83.4 Å². The third kappa shape index (κ3) is 4.60. The highest BCUT2D eigenvalue weighted by Crippen LogP contribution is 2.34. The van der Waals surface area contributed by atoms with Gasteiger partial charge in [-0.2, -0.15) is 5.10 Å². The first-order valence-corrected chi connectivity index (χ1v) is 13.2. The number of rotatable bonds is 5. The molecule has 0 spiro atoms. The molecule has 1 saturated carbocycles. The van der Waals surface area contributed by atoms with Crippen molar-refractivity contribution in [2.24, 2.45) is 5.92 Å². The molecule has 0 aromatic carbocycles. The number of amides is 1. The molecular weight excluding hydrogens is 424 g/mol. The molecule has 0 atom stereocenters. The van der Waals surface area contributed by atoms with Crippen LogP contribution in [0.4, 0.5) is 0 Å². The van der Waals surface area contributed by atoms with E-state index in [-0.39, 0.29) is 11.9 Å². The van der Waals surface area contributed by atoms with E-state index in [1.54, 1.807) is 11.3 Å². The fourth-order valence-electron chi connectivity index (χ4n) is 5.70. The van der Waals surface area contributed by atoms with Crippen molar-refractivity contribution in [3.05, 3.63) is 16.6 Å². The fourth-order valence-corrected chi connectivity index (χ4v) is 6.84. The maximum absolute atomic E-state index is 13.0. The Morgan fingerprint density at radius 3 is 2.53 bits per heavy atom. The fraction of sp³-hybridized carbons (Fsp3) is 0.750. The Morgan fingerprint density at radius 2 is 1.84 bits per heavy atom. The molecule has 1 amide bonds. The summed E-state index contributed by atoms with van der Waals surface area (Å²) in [7, 11) is 0. The number of hydrogen-bond donors (Lipinski definition) is 2. The normalized spacial score (nSPS) is 26.6. The van der Waals surface area contributed by atoms with E-state index in [4.69, 9.17) is 9.84 Å². The van der Waals surface area contributed by atoms with Crippen LogP contribution >= 0.6 is 11.3 Å². The number of aryl methyl sites for hydroxylation is 1. The zero-order chi connectivity index (χ0) is 22.1. The first-order valence-electron chi connectivity index (χ1n) is 12.3. The number of aliphatic hydroxyl groups excluding tert-OH is 1. The monoisotopic (exact) mass is 460 g/mol. The van der Waals surface area contributed by atoms with E-state index in [0.717, 1.165) is 98.5 Å². The Kier molecular flexibility index (Phi) is 6.83. The molecule has 0 radical (unpaired) electrons. The van der Waals surface area contributed by atoms with Crippen LogP contribution in [0.5, 0.6) is 0 Å². The van der Waals surface area contributed by atoms with Gasteiger partial charge in [0, 0.05) is 37.3 Å². The number of carbonyl (C=O) groups excluding carboxylic acids is 1. The van der Waals surface area contributed by atoms with Crippen molar-refractivity contribution < 1.29 is 14.6 Å². The third-order valence-electron chi connectivity index (χ3n) is 7.78. The van der Waals surface area contributed by atoms with Gasteiger partial charge in [-0.25, -0.2) is 0 Å². The lowest BCUT2D eigenvalue weighted by Gasteiger charge is -2.40.